The number of hydrogen-bond donors (Lipinski definition) is 3. The number of rotatable bonds is 4. The number of benzene rings is 2. The highest BCUT2D eigenvalue weighted by molar-refractivity contribution is 5.76. The van der Waals surface area contributed by atoms with Gasteiger partial charge in [-0.2, -0.15) is 0 Å². The zero-order valence-electron chi connectivity index (χ0n) is 11.2. The van der Waals surface area contributed by atoms with E-state index in [9.17, 15) is 10.2 Å². The highest BCUT2D eigenvalue weighted by Gasteiger charge is 2.22. The molecule has 2 aromatic carbocycles. The summed E-state index contributed by atoms with van der Waals surface area (Å²) in [6.07, 6.45) is -0.835. The van der Waals surface area contributed by atoms with Crippen molar-refractivity contribution in [2.24, 2.45) is 0 Å². The highest BCUT2D eigenvalue weighted by atomic mass is 16.3. The standard InChI is InChI=1S/C17H18O3/c18-8-7-16(19)17(20)12-5-6-15-13(10-12)9-11-3-1-2-4-14(11)15/h1-6,10,16-20H,7-9H2. The van der Waals surface area contributed by atoms with Crippen molar-refractivity contribution in [1.29, 1.82) is 0 Å². The summed E-state index contributed by atoms with van der Waals surface area (Å²) < 4.78 is 0. The molecule has 0 aromatic heterocycles. The van der Waals surface area contributed by atoms with Gasteiger partial charge in [-0.1, -0.05) is 42.5 Å². The highest BCUT2D eigenvalue weighted by Crippen LogP contribution is 2.37. The zero-order chi connectivity index (χ0) is 14.1. The van der Waals surface area contributed by atoms with Gasteiger partial charge in [-0.25, -0.2) is 0 Å². The summed E-state index contributed by atoms with van der Waals surface area (Å²) in [5.74, 6) is 0. The van der Waals surface area contributed by atoms with Gasteiger partial charge in [-0.05, 0) is 40.7 Å². The summed E-state index contributed by atoms with van der Waals surface area (Å²) in [4.78, 5) is 0. The average Bonchev–Trinajstić information content (AvgIpc) is 2.84. The van der Waals surface area contributed by atoms with Crippen LogP contribution in [-0.2, 0) is 6.42 Å². The van der Waals surface area contributed by atoms with Gasteiger partial charge in [0.25, 0.3) is 0 Å². The van der Waals surface area contributed by atoms with E-state index < -0.39 is 12.2 Å². The van der Waals surface area contributed by atoms with Crippen LogP contribution in [0, 0.1) is 0 Å². The minimum Gasteiger partial charge on any atom is -0.396 e. The molecule has 2 aromatic rings. The van der Waals surface area contributed by atoms with Crippen LogP contribution in [-0.4, -0.2) is 28.0 Å². The predicted molar refractivity (Wildman–Crippen MR) is 77.4 cm³/mol. The van der Waals surface area contributed by atoms with Crippen molar-refractivity contribution in [2.45, 2.75) is 25.0 Å². The van der Waals surface area contributed by atoms with Crippen molar-refractivity contribution in [2.75, 3.05) is 6.61 Å². The molecule has 1 aliphatic rings. The van der Waals surface area contributed by atoms with Crippen LogP contribution < -0.4 is 0 Å². The van der Waals surface area contributed by atoms with Crippen LogP contribution in [0.5, 0.6) is 0 Å². The Morgan fingerprint density at radius 3 is 2.50 bits per heavy atom. The molecule has 0 aliphatic heterocycles. The van der Waals surface area contributed by atoms with Gasteiger partial charge in [0.2, 0.25) is 0 Å². The van der Waals surface area contributed by atoms with Gasteiger partial charge in [0.05, 0.1) is 6.10 Å². The maximum atomic E-state index is 10.1. The molecule has 3 heteroatoms. The number of aliphatic hydroxyl groups is 3. The summed E-state index contributed by atoms with van der Waals surface area (Å²) in [5, 5.41) is 28.7. The molecule has 1 aliphatic carbocycles. The summed E-state index contributed by atoms with van der Waals surface area (Å²) in [6.45, 7) is -0.130. The van der Waals surface area contributed by atoms with E-state index in [0.717, 1.165) is 6.42 Å². The van der Waals surface area contributed by atoms with E-state index in [0.29, 0.717) is 5.56 Å². The van der Waals surface area contributed by atoms with Gasteiger partial charge in [0.1, 0.15) is 6.10 Å². The first-order chi connectivity index (χ1) is 9.70. The van der Waals surface area contributed by atoms with Crippen molar-refractivity contribution in [3.8, 4) is 11.1 Å². The van der Waals surface area contributed by atoms with Gasteiger partial charge in [-0.3, -0.25) is 0 Å². The Kier molecular flexibility index (Phi) is 3.57. The second-order valence-electron chi connectivity index (χ2n) is 5.27. The lowest BCUT2D eigenvalue weighted by Gasteiger charge is -2.18. The Balaban J connectivity index is 1.91. The van der Waals surface area contributed by atoms with Crippen molar-refractivity contribution < 1.29 is 15.3 Å². The fraction of sp³-hybridized carbons (Fsp3) is 0.294. The third-order valence-electron chi connectivity index (χ3n) is 3.95. The molecule has 0 saturated carbocycles. The van der Waals surface area contributed by atoms with Crippen molar-refractivity contribution >= 4 is 0 Å². The van der Waals surface area contributed by atoms with Gasteiger partial charge in [0.15, 0.2) is 0 Å². The number of aliphatic hydroxyl groups excluding tert-OH is 3. The van der Waals surface area contributed by atoms with Crippen molar-refractivity contribution in [1.82, 2.24) is 0 Å². The summed E-state index contributed by atoms with van der Waals surface area (Å²) in [7, 11) is 0. The summed E-state index contributed by atoms with van der Waals surface area (Å²) in [6, 6.07) is 14.1. The molecule has 0 spiro atoms. The van der Waals surface area contributed by atoms with Crippen LogP contribution in [0.1, 0.15) is 29.2 Å². The Morgan fingerprint density at radius 2 is 1.70 bits per heavy atom. The first-order valence-corrected chi connectivity index (χ1v) is 6.89. The van der Waals surface area contributed by atoms with Crippen molar-refractivity contribution in [3.05, 3.63) is 59.2 Å². The first-order valence-electron chi connectivity index (χ1n) is 6.89. The van der Waals surface area contributed by atoms with E-state index in [2.05, 4.69) is 12.1 Å². The number of fused-ring (bicyclic) bond motifs is 3. The summed E-state index contributed by atoms with van der Waals surface area (Å²) >= 11 is 0. The molecule has 0 amide bonds. The van der Waals surface area contributed by atoms with E-state index in [-0.39, 0.29) is 13.0 Å². The monoisotopic (exact) mass is 270 g/mol. The van der Waals surface area contributed by atoms with E-state index in [1.54, 1.807) is 0 Å². The van der Waals surface area contributed by atoms with Crippen LogP contribution in [0.4, 0.5) is 0 Å². The molecular weight excluding hydrogens is 252 g/mol. The van der Waals surface area contributed by atoms with Crippen molar-refractivity contribution in [3.63, 3.8) is 0 Å². The van der Waals surface area contributed by atoms with E-state index >= 15 is 0 Å². The minimum atomic E-state index is -0.948. The van der Waals surface area contributed by atoms with Crippen LogP contribution in [0.15, 0.2) is 42.5 Å². The van der Waals surface area contributed by atoms with Crippen LogP contribution in [0.25, 0.3) is 11.1 Å². The quantitative estimate of drug-likeness (QED) is 0.680. The maximum Gasteiger partial charge on any atom is 0.105 e. The Labute approximate surface area is 118 Å². The fourth-order valence-electron chi connectivity index (χ4n) is 2.86. The smallest absolute Gasteiger partial charge is 0.105 e. The SMILES string of the molecule is OCCC(O)C(O)c1ccc2c(c1)Cc1ccccc1-2. The largest absolute Gasteiger partial charge is 0.396 e. The van der Waals surface area contributed by atoms with Gasteiger partial charge in [-0.15, -0.1) is 0 Å². The molecule has 2 unspecified atom stereocenters. The Hall–Kier alpha value is -1.68. The summed E-state index contributed by atoms with van der Waals surface area (Å²) in [5.41, 5.74) is 5.63. The van der Waals surface area contributed by atoms with Crippen LogP contribution in [0.2, 0.25) is 0 Å². The third-order valence-corrected chi connectivity index (χ3v) is 3.95. The average molecular weight is 270 g/mol. The van der Waals surface area contributed by atoms with Crippen LogP contribution in [0.3, 0.4) is 0 Å². The minimum absolute atomic E-state index is 0.130. The second kappa shape index (κ2) is 5.37. The fourth-order valence-corrected chi connectivity index (χ4v) is 2.86. The van der Waals surface area contributed by atoms with E-state index in [1.807, 2.05) is 30.3 Å². The lowest BCUT2D eigenvalue weighted by molar-refractivity contribution is 0.00420. The molecule has 104 valence electrons. The molecule has 0 heterocycles. The van der Waals surface area contributed by atoms with Gasteiger partial charge in [0, 0.05) is 6.61 Å². The third kappa shape index (κ3) is 2.24. The first kappa shape index (κ1) is 13.3. The number of hydrogen-bond acceptors (Lipinski definition) is 3. The molecule has 0 fully saturated rings. The lowest BCUT2D eigenvalue weighted by Crippen LogP contribution is -2.19. The zero-order valence-corrected chi connectivity index (χ0v) is 11.2. The van der Waals surface area contributed by atoms with E-state index in [1.165, 1.54) is 22.3 Å². The maximum absolute atomic E-state index is 10.1. The molecule has 3 N–H and O–H groups in total. The topological polar surface area (TPSA) is 60.7 Å². The Bertz CT molecular complexity index is 621. The van der Waals surface area contributed by atoms with Gasteiger partial charge < -0.3 is 15.3 Å². The second-order valence-corrected chi connectivity index (χ2v) is 5.27. The molecular formula is C17H18O3. The normalized spacial score (nSPS) is 15.6. The molecule has 2 atom stereocenters. The Morgan fingerprint density at radius 1 is 0.950 bits per heavy atom. The lowest BCUT2D eigenvalue weighted by atomic mass is 9.97. The molecule has 0 bridgehead atoms. The van der Waals surface area contributed by atoms with Gasteiger partial charge >= 0.3 is 0 Å². The molecule has 20 heavy (non-hydrogen) atoms. The molecule has 3 rings (SSSR count). The van der Waals surface area contributed by atoms with E-state index in [4.69, 9.17) is 5.11 Å². The molecule has 0 radical (unpaired) electrons. The van der Waals surface area contributed by atoms with Crippen LogP contribution >= 0.6 is 0 Å². The predicted octanol–water partition coefficient (Wildman–Crippen LogP) is 2.03. The molecule has 3 nitrogen and oxygen atoms in total. The molecule has 0 saturated heterocycles.